The van der Waals surface area contributed by atoms with E-state index in [0.717, 1.165) is 24.2 Å². The van der Waals surface area contributed by atoms with Gasteiger partial charge in [-0.15, -0.1) is 0 Å². The summed E-state index contributed by atoms with van der Waals surface area (Å²) in [5.74, 6) is 0.606. The average molecular weight is 1950 g/mol. The molecule has 14 rings (SSSR count). The molecule has 43 nitrogen and oxygen atoms in total. The summed E-state index contributed by atoms with van der Waals surface area (Å²) < 4.78 is 31.8. The Bertz CT molecular complexity index is 5750. The van der Waals surface area contributed by atoms with Crippen molar-refractivity contribution in [1.29, 1.82) is 0 Å². The SMILES string of the molecule is C.CC(C)(C)OC(=O)N1CCC(=O)CC1.CC(C)(C)OC(=O)Nc1cc(N)ncn1.Cc1cc(Br)c(=O)[nH]c1C(N)=O.Cc1cc(Br)c(=O)n2c1C(=O)NC21CCN(C(=O)OC(C)(C)C)CC1.Cc1cc(Nc2cc(N)ncn2)c(=O)n2c1C(=O)NC21CCNCC1.Cc1cc(Nc2cc(NC(=O)OC(C)(C)C)ncn2)c(=O)n2c1C(=O)NC21CCN(C(=O)OC(C)(C)C)CC1. The minimum atomic E-state index is -0.973. The van der Waals surface area contributed by atoms with Gasteiger partial charge in [-0.3, -0.25) is 67.5 Å². The number of nitrogens with zero attached hydrogens (tertiary/aromatic N) is 12. The van der Waals surface area contributed by atoms with Crippen LogP contribution < -0.4 is 82.0 Å². The molecule has 0 saturated carbocycles. The Morgan fingerprint density at radius 1 is 0.412 bits per heavy atom. The summed E-state index contributed by atoms with van der Waals surface area (Å²) in [6, 6.07) is 11.0. The fraction of sp³-hybridized carbons (Fsp3) is 0.512. The first-order chi connectivity index (χ1) is 60.4. The molecule has 710 valence electrons. The molecule has 3 spiro atoms. The predicted octanol–water partition coefficient (Wildman–Crippen LogP) is 10.0. The summed E-state index contributed by atoms with van der Waals surface area (Å²) in [4.78, 5) is 201. The molecule has 45 heteroatoms. The van der Waals surface area contributed by atoms with E-state index in [1.165, 1.54) is 35.7 Å². The third-order valence-electron chi connectivity index (χ3n) is 20.3. The highest BCUT2D eigenvalue weighted by Gasteiger charge is 2.50. The Morgan fingerprint density at radius 3 is 1.11 bits per heavy atom. The number of aryl methyl sites for hydroxylation is 4. The van der Waals surface area contributed by atoms with E-state index in [-0.39, 0.29) is 94.3 Å². The van der Waals surface area contributed by atoms with Gasteiger partial charge in [0.15, 0.2) is 0 Å². The number of Topliss-reactive ketones (excluding diaryl/α,β-unsaturated/α-hetero) is 1. The van der Waals surface area contributed by atoms with Crippen LogP contribution in [-0.2, 0) is 45.5 Å². The van der Waals surface area contributed by atoms with Crippen LogP contribution in [0.4, 0.5) is 70.3 Å². The molecular weight excluding hydrogens is 1830 g/mol. The number of pyridine rings is 4. The molecule has 0 atom stereocenters. The lowest BCUT2D eigenvalue weighted by Gasteiger charge is -2.40. The van der Waals surface area contributed by atoms with E-state index in [9.17, 15) is 67.1 Å². The van der Waals surface area contributed by atoms with Crippen LogP contribution in [0.15, 0.2) is 89.6 Å². The number of carbonyl (C=O) groups excluding carboxylic acids is 10. The lowest BCUT2D eigenvalue weighted by atomic mass is 9.97. The molecule has 0 bridgehead atoms. The number of nitrogen functional groups attached to an aromatic ring is 2. The molecule has 7 aromatic rings. The number of hydrogen-bond acceptors (Lipinski definition) is 30. The maximum absolute atomic E-state index is 13.7. The van der Waals surface area contributed by atoms with Crippen LogP contribution in [0.3, 0.4) is 0 Å². The molecular formula is C86H118Br2N24O19. The van der Waals surface area contributed by atoms with Gasteiger partial charge in [0.1, 0.15) is 139 Å². The van der Waals surface area contributed by atoms with Crippen molar-refractivity contribution >= 4 is 138 Å². The second-order valence-electron chi connectivity index (χ2n) is 36.6. The number of fused-ring (bicyclic) bond motifs is 6. The number of H-pyrrole nitrogens is 1. The number of nitrogens with two attached hydrogens (primary N) is 3. The van der Waals surface area contributed by atoms with Crippen molar-refractivity contribution in [2.75, 3.05) is 85.1 Å². The van der Waals surface area contributed by atoms with E-state index in [1.54, 1.807) is 130 Å². The van der Waals surface area contributed by atoms with Gasteiger partial charge in [-0.2, -0.15) is 0 Å². The highest BCUT2D eigenvalue weighted by molar-refractivity contribution is 9.10. The van der Waals surface area contributed by atoms with Crippen LogP contribution >= 0.6 is 31.9 Å². The Morgan fingerprint density at radius 2 is 0.733 bits per heavy atom. The van der Waals surface area contributed by atoms with Crippen LogP contribution in [0.1, 0.15) is 227 Å². The van der Waals surface area contributed by atoms with E-state index in [2.05, 4.69) is 109 Å². The average Bonchev–Trinajstić information content (AvgIpc) is 1.59. The minimum Gasteiger partial charge on any atom is -0.444 e. The second-order valence-corrected chi connectivity index (χ2v) is 38.3. The number of aromatic amines is 1. The molecule has 0 aliphatic carbocycles. The number of halogens is 2. The quantitative estimate of drug-likeness (QED) is 0.0660. The van der Waals surface area contributed by atoms with Gasteiger partial charge < -0.3 is 92.5 Å². The van der Waals surface area contributed by atoms with Gasteiger partial charge in [-0.05, 0) is 223 Å². The van der Waals surface area contributed by atoms with Crippen LogP contribution in [0.25, 0.3) is 0 Å². The third kappa shape index (κ3) is 27.1. The number of amides is 9. The van der Waals surface area contributed by atoms with E-state index < -0.39 is 74.7 Å². The largest absolute Gasteiger partial charge is 0.444 e. The standard InChI is InChI=1S/C26H35N7O6.C17H22BrN3O4.C16H19N7O2.C10H17NO3.C9H14N4O2.C7H7BrN2O2.CH4/c1-15-12-16(29-17-13-18(28-14-27-17)30-22(36)38-24(2,3)4)21(35)33-19(15)20(34)31-26(33)8-10-32(11-9-26)23(37)39-25(5,6)7;1-10-9-11(18)14(23)21-12(10)13(22)19-17(21)5-7-20(8-6-17)15(24)25-16(2,3)4;1-9-6-10(21-12-7-11(17)19-8-20-12)15(25)23-13(9)14(24)22-16(23)2-4-18-5-3-16;1-10(2,3)14-9(13)11-6-4-8(12)5-7-11;1-9(2,3)15-8(14)13-7-4-6(10)11-5-12-7;1-3-2-4(8)7(12)10-5(3)6(9)11;/h12-14H,8-11H2,1-7H3,(H,31,34)(H2,27,28,29,30,36);9H,5-8H2,1-4H3,(H,19,22);6-8,18H,2-5H2,1H3,(H,22,24)(H3,17,19,20,21);4-7H2,1-3H3;4-5H,1-3H3,(H3,10,11,12,13,14);2H,1H3,(H2,9,11)(H,10,12);1H4. The Balaban J connectivity index is 0.000000203. The Labute approximate surface area is 773 Å². The van der Waals surface area contributed by atoms with Crippen molar-refractivity contribution in [1.82, 2.24) is 84.6 Å². The lowest BCUT2D eigenvalue weighted by Crippen LogP contribution is -2.56. The number of ketones is 1. The monoisotopic (exact) mass is 1950 g/mol. The summed E-state index contributed by atoms with van der Waals surface area (Å²) in [6.07, 6.45) is 5.31. The van der Waals surface area contributed by atoms with Gasteiger partial charge in [0, 0.05) is 109 Å². The van der Waals surface area contributed by atoms with E-state index >= 15 is 0 Å². The van der Waals surface area contributed by atoms with Crippen molar-refractivity contribution in [2.45, 2.75) is 235 Å². The Hall–Kier alpha value is -12.9. The summed E-state index contributed by atoms with van der Waals surface area (Å²) in [5, 5.41) is 23.2. The fourth-order valence-corrected chi connectivity index (χ4v) is 15.6. The van der Waals surface area contributed by atoms with Crippen LogP contribution in [-0.4, -0.2) is 204 Å². The smallest absolute Gasteiger partial charge is 0.413 e. The second kappa shape index (κ2) is 41.4. The molecule has 7 aliphatic heterocycles. The molecule has 7 aromatic heterocycles. The zero-order valence-electron chi connectivity index (χ0n) is 76.2. The zero-order valence-corrected chi connectivity index (χ0v) is 79.4. The molecule has 4 saturated heterocycles. The summed E-state index contributed by atoms with van der Waals surface area (Å²) >= 11 is 6.31. The molecule has 0 aromatic carbocycles. The van der Waals surface area contributed by atoms with Gasteiger partial charge in [-0.25, -0.2) is 53.9 Å². The van der Waals surface area contributed by atoms with Crippen molar-refractivity contribution in [2.24, 2.45) is 5.73 Å². The summed E-state index contributed by atoms with van der Waals surface area (Å²) in [6.45, 7) is 37.9. The van der Waals surface area contributed by atoms with Gasteiger partial charge in [0.2, 0.25) is 0 Å². The number of ether oxygens (including phenoxy) is 5. The molecule has 0 unspecified atom stereocenters. The van der Waals surface area contributed by atoms with Crippen molar-refractivity contribution < 1.29 is 71.6 Å². The van der Waals surface area contributed by atoms with Crippen molar-refractivity contribution in [3.63, 3.8) is 0 Å². The maximum atomic E-state index is 13.7. The summed E-state index contributed by atoms with van der Waals surface area (Å²) in [7, 11) is 0. The third-order valence-corrected chi connectivity index (χ3v) is 21.4. The first-order valence-corrected chi connectivity index (χ1v) is 43.3. The normalized spacial score (nSPS) is 16.0. The molecule has 15 N–H and O–H groups in total. The predicted molar refractivity (Wildman–Crippen MR) is 495 cm³/mol. The van der Waals surface area contributed by atoms with Crippen LogP contribution in [0, 0.1) is 27.7 Å². The number of aromatic nitrogens is 10. The molecule has 7 aliphatic rings. The number of carbonyl (C=O) groups is 10. The highest BCUT2D eigenvalue weighted by Crippen LogP contribution is 2.38. The minimum absolute atomic E-state index is 0. The van der Waals surface area contributed by atoms with Gasteiger partial charge in [-0.1, -0.05) is 7.43 Å². The molecule has 131 heavy (non-hydrogen) atoms. The number of hydrogen-bond donors (Lipinski definition) is 12. The Kier molecular flexibility index (Phi) is 32.7. The number of piperidine rings is 4. The zero-order chi connectivity index (χ0) is 96.5. The maximum Gasteiger partial charge on any atom is 0.413 e. The fourth-order valence-electron chi connectivity index (χ4n) is 14.7. The van der Waals surface area contributed by atoms with E-state index in [4.69, 9.17) is 40.9 Å². The van der Waals surface area contributed by atoms with Crippen LogP contribution in [0.2, 0.25) is 0 Å². The molecule has 0 radical (unpaired) electrons. The first-order valence-electron chi connectivity index (χ1n) is 41.7. The highest BCUT2D eigenvalue weighted by atomic mass is 79.9. The molecule has 14 heterocycles. The topological polar surface area (TPSA) is 577 Å². The first kappa shape index (κ1) is 103. The number of likely N-dealkylation sites (tertiary alicyclic amines) is 3. The number of nitrogens with one attached hydrogen (secondary N) is 9. The van der Waals surface area contributed by atoms with Crippen molar-refractivity contribution in [3.05, 3.63) is 157 Å². The van der Waals surface area contributed by atoms with Gasteiger partial charge >= 0.3 is 30.5 Å². The molecule has 9 amide bonds. The van der Waals surface area contributed by atoms with E-state index in [1.807, 2.05) is 55.4 Å². The lowest BCUT2D eigenvalue weighted by molar-refractivity contribution is -0.121. The van der Waals surface area contributed by atoms with Crippen molar-refractivity contribution in [3.8, 4) is 0 Å². The number of rotatable bonds is 7. The van der Waals surface area contributed by atoms with Gasteiger partial charge in [0.05, 0.1) is 8.95 Å². The van der Waals surface area contributed by atoms with E-state index in [0.29, 0.717) is 145 Å². The summed E-state index contributed by atoms with van der Waals surface area (Å²) in [5.41, 5.74) is 14.1. The van der Waals surface area contributed by atoms with Gasteiger partial charge in [0.25, 0.3) is 45.9 Å². The number of anilines is 8. The van der Waals surface area contributed by atoms with Crippen LogP contribution in [0.5, 0.6) is 0 Å². The molecule has 4 fully saturated rings. The number of primary amides is 1.